The largest absolute Gasteiger partial charge is 0.506 e. The molecule has 240 valence electrons. The molecule has 1 aliphatic carbocycles. The van der Waals surface area contributed by atoms with Gasteiger partial charge in [0.25, 0.3) is 0 Å². The number of Topliss-reactive ketones (excluding diaryl/α,β-unsaturated/α-hetero) is 1. The molecule has 0 bridgehead atoms. The summed E-state index contributed by atoms with van der Waals surface area (Å²) in [6.45, 7) is 1.26. The Hall–Kier alpha value is -5.22. The van der Waals surface area contributed by atoms with Crippen molar-refractivity contribution in [2.24, 2.45) is 0 Å². The second kappa shape index (κ2) is 11.0. The van der Waals surface area contributed by atoms with Crippen molar-refractivity contribution >= 4 is 39.7 Å². The van der Waals surface area contributed by atoms with Crippen molar-refractivity contribution in [2.45, 2.75) is 56.9 Å². The van der Waals surface area contributed by atoms with Crippen molar-refractivity contribution in [1.29, 1.82) is 0 Å². The number of aliphatic carboxylic acids is 1. The molecule has 0 saturated carbocycles. The molecule has 6 rings (SSSR count). The van der Waals surface area contributed by atoms with Crippen LogP contribution in [0.1, 0.15) is 34.0 Å². The van der Waals surface area contributed by atoms with Gasteiger partial charge in [-0.15, -0.1) is 0 Å². The first kappa shape index (κ1) is 30.8. The van der Waals surface area contributed by atoms with E-state index >= 15 is 0 Å². The van der Waals surface area contributed by atoms with Gasteiger partial charge in [-0.3, -0.25) is 9.59 Å². The fourth-order valence-electron chi connectivity index (χ4n) is 6.14. The van der Waals surface area contributed by atoms with Crippen LogP contribution >= 0.6 is 0 Å². The number of rotatable bonds is 6. The Morgan fingerprint density at radius 1 is 0.913 bits per heavy atom. The van der Waals surface area contributed by atoms with E-state index in [4.69, 9.17) is 13.9 Å². The van der Waals surface area contributed by atoms with Gasteiger partial charge in [0.2, 0.25) is 11.7 Å². The van der Waals surface area contributed by atoms with Gasteiger partial charge in [-0.1, -0.05) is 12.1 Å². The minimum atomic E-state index is -1.98. The maximum absolute atomic E-state index is 13.8. The zero-order valence-corrected chi connectivity index (χ0v) is 23.8. The minimum absolute atomic E-state index is 0.0248. The summed E-state index contributed by atoms with van der Waals surface area (Å²) in [4.78, 5) is 49.3. The third-order valence-corrected chi connectivity index (χ3v) is 8.23. The summed E-state index contributed by atoms with van der Waals surface area (Å²) in [7, 11) is 0. The molecular formula is C31H26O15. The molecule has 0 spiro atoms. The zero-order valence-electron chi connectivity index (χ0n) is 23.8. The summed E-state index contributed by atoms with van der Waals surface area (Å²) in [6, 6.07) is 5.29. The number of aromatic carboxylic acids is 1. The molecule has 2 heterocycles. The molecule has 2 aliphatic rings. The number of aryl methyl sites for hydroxylation is 1. The number of para-hydroxylation sites is 1. The monoisotopic (exact) mass is 638 g/mol. The molecule has 1 aliphatic heterocycles. The summed E-state index contributed by atoms with van der Waals surface area (Å²) in [6.07, 6.45) is -9.81. The number of aliphatic hydroxyl groups excluding tert-OH is 3. The van der Waals surface area contributed by atoms with Gasteiger partial charge in [-0.25, -0.2) is 9.59 Å². The molecule has 0 unspecified atom stereocenters. The van der Waals surface area contributed by atoms with E-state index in [1.54, 1.807) is 0 Å². The van der Waals surface area contributed by atoms with Gasteiger partial charge in [0.1, 0.15) is 46.5 Å². The van der Waals surface area contributed by atoms with Crippen LogP contribution in [0.3, 0.4) is 0 Å². The average Bonchev–Trinajstić information content (AvgIpc) is 2.99. The molecule has 4 aromatic rings. The lowest BCUT2D eigenvalue weighted by atomic mass is 9.80. The predicted octanol–water partition coefficient (Wildman–Crippen LogP) is 0.929. The maximum Gasteiger partial charge on any atom is 0.339 e. The number of carboxylic acid groups (broad SMARTS) is 2. The molecular weight excluding hydrogens is 612 g/mol. The summed E-state index contributed by atoms with van der Waals surface area (Å²) < 4.78 is 16.6. The number of fused-ring (bicyclic) bond motifs is 5. The highest BCUT2D eigenvalue weighted by Gasteiger charge is 2.48. The minimum Gasteiger partial charge on any atom is -0.506 e. The number of phenolic OH excluding ortho intramolecular Hbond substituents is 2. The molecule has 1 aromatic heterocycles. The number of aliphatic hydroxyl groups is 3. The van der Waals surface area contributed by atoms with Crippen molar-refractivity contribution in [3.05, 3.63) is 56.7 Å². The van der Waals surface area contributed by atoms with Gasteiger partial charge < -0.3 is 54.7 Å². The molecule has 5 atom stereocenters. The lowest BCUT2D eigenvalue weighted by molar-refractivity contribution is -0.271. The lowest BCUT2D eigenvalue weighted by Crippen LogP contribution is -2.61. The van der Waals surface area contributed by atoms with Crippen molar-refractivity contribution in [2.75, 3.05) is 0 Å². The van der Waals surface area contributed by atoms with E-state index < -0.39 is 81.9 Å². The van der Waals surface area contributed by atoms with Crippen molar-refractivity contribution in [1.82, 2.24) is 0 Å². The second-order valence-electron chi connectivity index (χ2n) is 11.1. The smallest absolute Gasteiger partial charge is 0.339 e. The number of hydrogen-bond donors (Lipinski definition) is 8. The van der Waals surface area contributed by atoms with Crippen molar-refractivity contribution in [3.63, 3.8) is 0 Å². The van der Waals surface area contributed by atoms with E-state index in [1.807, 2.05) is 0 Å². The van der Waals surface area contributed by atoms with E-state index in [0.29, 0.717) is 5.56 Å². The van der Waals surface area contributed by atoms with E-state index in [0.717, 1.165) is 0 Å². The molecule has 15 nitrogen and oxygen atoms in total. The fraction of sp³-hybridized carbons (Fsp3) is 0.290. The molecule has 15 heteroatoms. The molecule has 8 N–H and O–H groups in total. The van der Waals surface area contributed by atoms with Gasteiger partial charge in [-0.05, 0) is 43.0 Å². The Labute approximate surface area is 256 Å². The highest BCUT2D eigenvalue weighted by atomic mass is 16.7. The number of aromatic hydroxyl groups is 3. The average molecular weight is 639 g/mol. The summed E-state index contributed by atoms with van der Waals surface area (Å²) in [5.74, 6) is -5.90. The fourth-order valence-corrected chi connectivity index (χ4v) is 6.14. The van der Waals surface area contributed by atoms with E-state index in [9.17, 15) is 60.0 Å². The summed E-state index contributed by atoms with van der Waals surface area (Å²) in [5.41, 5.74) is -2.13. The van der Waals surface area contributed by atoms with Crippen LogP contribution in [0.2, 0.25) is 0 Å². The number of ketones is 1. The third kappa shape index (κ3) is 4.59. The number of carboxylic acids is 2. The second-order valence-corrected chi connectivity index (χ2v) is 11.1. The molecule has 46 heavy (non-hydrogen) atoms. The Morgan fingerprint density at radius 3 is 2.28 bits per heavy atom. The first-order valence-electron chi connectivity index (χ1n) is 13.9. The zero-order chi connectivity index (χ0) is 33.4. The van der Waals surface area contributed by atoms with Crippen LogP contribution in [-0.2, 0) is 33.6 Å². The van der Waals surface area contributed by atoms with Gasteiger partial charge in [0.05, 0.1) is 5.39 Å². The standard InChI is InChI=1S/C31H26O15/c1-9(32)7-11-8-10-5-6-12-17(15(10)21(35)16(11)29(40)41)22(36)18-19(33)13-3-2-4-14(26(13)45-27(18)20(12)34)44-31-25(39)23(37)24(38)28(46-31)30(42)43/h2-4,8,23-25,28,31,34-39H,5-7H2,1H3,(H,40,41)(H,42,43)/t23-,24-,25+,28-,31+/m0/s1. The van der Waals surface area contributed by atoms with Crippen LogP contribution in [0, 0.1) is 0 Å². The van der Waals surface area contributed by atoms with E-state index in [2.05, 4.69) is 0 Å². The van der Waals surface area contributed by atoms with Crippen LogP contribution in [0.4, 0.5) is 0 Å². The molecule has 0 radical (unpaired) electrons. The van der Waals surface area contributed by atoms with Crippen LogP contribution in [0.15, 0.2) is 33.5 Å². The highest BCUT2D eigenvalue weighted by molar-refractivity contribution is 6.06. The van der Waals surface area contributed by atoms with E-state index in [1.165, 1.54) is 31.2 Å². The first-order chi connectivity index (χ1) is 21.7. The molecule has 1 saturated heterocycles. The quantitative estimate of drug-likeness (QED) is 0.108. The van der Waals surface area contributed by atoms with Gasteiger partial charge in [0.15, 0.2) is 28.8 Å². The van der Waals surface area contributed by atoms with Crippen molar-refractivity contribution < 1.29 is 69.1 Å². The van der Waals surface area contributed by atoms with Crippen LogP contribution in [0.5, 0.6) is 23.0 Å². The van der Waals surface area contributed by atoms with E-state index in [-0.39, 0.29) is 64.0 Å². The highest BCUT2D eigenvalue weighted by Crippen LogP contribution is 2.52. The molecule has 0 amide bonds. The van der Waals surface area contributed by atoms with Crippen molar-refractivity contribution in [3.8, 4) is 34.1 Å². The predicted molar refractivity (Wildman–Crippen MR) is 154 cm³/mol. The van der Waals surface area contributed by atoms with Crippen LogP contribution in [0.25, 0.3) is 33.1 Å². The Kier molecular flexibility index (Phi) is 7.36. The van der Waals surface area contributed by atoms with Gasteiger partial charge >= 0.3 is 11.9 Å². The maximum atomic E-state index is 13.8. The van der Waals surface area contributed by atoms with Gasteiger partial charge in [0, 0.05) is 23.1 Å². The lowest BCUT2D eigenvalue weighted by Gasteiger charge is -2.38. The van der Waals surface area contributed by atoms with Crippen LogP contribution < -0.4 is 10.2 Å². The summed E-state index contributed by atoms with van der Waals surface area (Å²) in [5, 5.41) is 83.0. The Bertz CT molecular complexity index is 2040. The number of carbonyl (C=O) groups is 3. The molecule has 3 aromatic carbocycles. The third-order valence-electron chi connectivity index (χ3n) is 8.23. The molecule has 1 fully saturated rings. The topological polar surface area (TPSA) is 262 Å². The Morgan fingerprint density at radius 2 is 1.63 bits per heavy atom. The number of carbonyl (C=O) groups excluding carboxylic acids is 1. The first-order valence-corrected chi connectivity index (χ1v) is 13.9. The van der Waals surface area contributed by atoms with Crippen LogP contribution in [-0.4, -0.2) is 89.3 Å². The normalized spacial score (nSPS) is 22.3. The SMILES string of the molecule is CC(=O)Cc1cc2c(c(O)c1C(=O)O)-c1c(c(O)c3oc4c(O[C@@H]5O[C@H](C(=O)O)[C@@H](O)[C@H](O)[C@H]5O)cccc4c(=O)c3c1O)CC2. The number of ether oxygens (including phenoxy) is 2. The number of hydrogen-bond acceptors (Lipinski definition) is 13. The Balaban J connectivity index is 1.55. The summed E-state index contributed by atoms with van der Waals surface area (Å²) >= 11 is 0. The number of benzene rings is 3. The van der Waals surface area contributed by atoms with Gasteiger partial charge in [-0.2, -0.15) is 0 Å². The number of phenols is 3.